The first-order valence-corrected chi connectivity index (χ1v) is 9.00. The number of pyridine rings is 1. The summed E-state index contributed by atoms with van der Waals surface area (Å²) in [5, 5.41) is 7.89. The maximum atomic E-state index is 12.9. The van der Waals surface area contributed by atoms with Gasteiger partial charge in [-0.25, -0.2) is 4.98 Å². The third kappa shape index (κ3) is 2.29. The molecule has 3 aromatic rings. The largest absolute Gasteiger partial charge is 0.340 e. The van der Waals surface area contributed by atoms with E-state index in [4.69, 9.17) is 4.52 Å². The standard InChI is InChI=1S/C16H17N5O2S/c1-10-17-14(20-23-10)16(7-5-8-16)19-13(22)12-11-6-3-4-9-21(11)15(18-12)24-2/h3-4,6,9H,5,7-8H2,1-2H3,(H,19,22). The minimum atomic E-state index is -0.543. The van der Waals surface area contributed by atoms with Crippen LogP contribution in [0, 0.1) is 6.92 Å². The summed E-state index contributed by atoms with van der Waals surface area (Å²) in [6.45, 7) is 1.75. The Morgan fingerprint density at radius 3 is 2.83 bits per heavy atom. The van der Waals surface area contributed by atoms with Gasteiger partial charge in [0.05, 0.1) is 5.52 Å². The van der Waals surface area contributed by atoms with Crippen LogP contribution in [0.2, 0.25) is 0 Å². The summed E-state index contributed by atoms with van der Waals surface area (Å²) in [4.78, 5) is 21.7. The van der Waals surface area contributed by atoms with Crippen LogP contribution < -0.4 is 5.32 Å². The Morgan fingerprint density at radius 1 is 1.38 bits per heavy atom. The van der Waals surface area contributed by atoms with Crippen molar-refractivity contribution in [2.24, 2.45) is 0 Å². The van der Waals surface area contributed by atoms with Gasteiger partial charge >= 0.3 is 0 Å². The van der Waals surface area contributed by atoms with Crippen molar-refractivity contribution in [3.8, 4) is 0 Å². The molecule has 3 heterocycles. The lowest BCUT2D eigenvalue weighted by Crippen LogP contribution is -2.51. The molecule has 24 heavy (non-hydrogen) atoms. The van der Waals surface area contributed by atoms with Gasteiger partial charge in [0.2, 0.25) is 5.89 Å². The molecule has 0 saturated heterocycles. The number of carbonyl (C=O) groups excluding carboxylic acids is 1. The van der Waals surface area contributed by atoms with Crippen molar-refractivity contribution < 1.29 is 9.32 Å². The van der Waals surface area contributed by atoms with Gasteiger partial charge in [-0.05, 0) is 37.7 Å². The maximum absolute atomic E-state index is 12.9. The lowest BCUT2D eigenvalue weighted by Gasteiger charge is -2.39. The zero-order valence-electron chi connectivity index (χ0n) is 13.4. The highest BCUT2D eigenvalue weighted by Crippen LogP contribution is 2.40. The van der Waals surface area contributed by atoms with Crippen LogP contribution in [-0.4, -0.2) is 31.7 Å². The molecule has 0 radical (unpaired) electrons. The van der Waals surface area contributed by atoms with E-state index in [0.29, 0.717) is 17.4 Å². The third-order valence-corrected chi connectivity index (χ3v) is 5.08. The summed E-state index contributed by atoms with van der Waals surface area (Å²) in [5.41, 5.74) is 0.670. The molecule has 124 valence electrons. The quantitative estimate of drug-likeness (QED) is 0.733. The van der Waals surface area contributed by atoms with Gasteiger partial charge in [0, 0.05) is 13.1 Å². The van der Waals surface area contributed by atoms with Crippen LogP contribution in [0.4, 0.5) is 0 Å². The molecule has 1 N–H and O–H groups in total. The van der Waals surface area contributed by atoms with Crippen LogP contribution in [0.1, 0.15) is 41.5 Å². The first kappa shape index (κ1) is 15.2. The summed E-state index contributed by atoms with van der Waals surface area (Å²) in [6.07, 6.45) is 6.48. The number of nitrogens with one attached hydrogen (secondary N) is 1. The van der Waals surface area contributed by atoms with Crippen LogP contribution in [0.15, 0.2) is 34.1 Å². The van der Waals surface area contributed by atoms with Crippen molar-refractivity contribution in [1.82, 2.24) is 24.8 Å². The van der Waals surface area contributed by atoms with Gasteiger partial charge in [0.25, 0.3) is 5.91 Å². The van der Waals surface area contributed by atoms with Gasteiger partial charge in [0.15, 0.2) is 16.7 Å². The van der Waals surface area contributed by atoms with E-state index in [1.165, 1.54) is 11.8 Å². The average Bonchev–Trinajstić information content (AvgIpc) is 3.14. The summed E-state index contributed by atoms with van der Waals surface area (Å²) in [7, 11) is 0. The van der Waals surface area contributed by atoms with Crippen LogP contribution in [0.5, 0.6) is 0 Å². The Hall–Kier alpha value is -2.35. The number of hydrogen-bond donors (Lipinski definition) is 1. The van der Waals surface area contributed by atoms with Crippen LogP contribution in [0.3, 0.4) is 0 Å². The Bertz CT molecular complexity index is 912. The highest BCUT2D eigenvalue weighted by molar-refractivity contribution is 7.98. The molecule has 0 aliphatic heterocycles. The lowest BCUT2D eigenvalue weighted by molar-refractivity contribution is 0.0801. The number of aryl methyl sites for hydroxylation is 1. The molecule has 1 fully saturated rings. The number of aromatic nitrogens is 4. The number of carbonyl (C=O) groups is 1. The Labute approximate surface area is 142 Å². The van der Waals surface area contributed by atoms with Crippen molar-refractivity contribution in [3.05, 3.63) is 41.8 Å². The van der Waals surface area contributed by atoms with E-state index in [-0.39, 0.29) is 5.91 Å². The third-order valence-electron chi connectivity index (χ3n) is 4.43. The second-order valence-corrected chi connectivity index (χ2v) is 6.70. The van der Waals surface area contributed by atoms with Crippen molar-refractivity contribution in [2.45, 2.75) is 36.9 Å². The highest BCUT2D eigenvalue weighted by atomic mass is 32.2. The van der Waals surface area contributed by atoms with E-state index >= 15 is 0 Å². The molecule has 7 nitrogen and oxygen atoms in total. The van der Waals surface area contributed by atoms with Crippen LogP contribution in [0.25, 0.3) is 5.52 Å². The van der Waals surface area contributed by atoms with Gasteiger partial charge in [-0.2, -0.15) is 4.98 Å². The summed E-state index contributed by atoms with van der Waals surface area (Å²) in [5.74, 6) is 0.844. The maximum Gasteiger partial charge on any atom is 0.272 e. The fourth-order valence-corrected chi connectivity index (χ4v) is 3.56. The molecule has 0 atom stereocenters. The van der Waals surface area contributed by atoms with Crippen LogP contribution >= 0.6 is 11.8 Å². The van der Waals surface area contributed by atoms with E-state index in [9.17, 15) is 4.79 Å². The Kier molecular flexibility index (Phi) is 3.56. The monoisotopic (exact) mass is 343 g/mol. The second kappa shape index (κ2) is 5.62. The van der Waals surface area contributed by atoms with Gasteiger partial charge in [0.1, 0.15) is 5.54 Å². The molecule has 4 rings (SSSR count). The zero-order valence-corrected chi connectivity index (χ0v) is 14.3. The normalized spacial score (nSPS) is 16.1. The highest BCUT2D eigenvalue weighted by Gasteiger charge is 2.44. The molecular formula is C16H17N5O2S. The first-order chi connectivity index (χ1) is 11.6. The molecule has 1 aliphatic rings. The fourth-order valence-electron chi connectivity index (χ4n) is 3.03. The van der Waals surface area contributed by atoms with Crippen molar-refractivity contribution >= 4 is 23.2 Å². The molecule has 3 aromatic heterocycles. The van der Waals surface area contributed by atoms with Crippen molar-refractivity contribution in [2.75, 3.05) is 6.26 Å². The minimum Gasteiger partial charge on any atom is -0.340 e. The molecule has 0 bridgehead atoms. The number of nitrogens with zero attached hydrogens (tertiary/aromatic N) is 4. The molecule has 8 heteroatoms. The van der Waals surface area contributed by atoms with E-state index in [1.807, 2.05) is 35.1 Å². The van der Waals surface area contributed by atoms with E-state index in [0.717, 1.165) is 29.9 Å². The van der Waals surface area contributed by atoms with Crippen LogP contribution in [-0.2, 0) is 5.54 Å². The molecule has 0 unspecified atom stereocenters. The van der Waals surface area contributed by atoms with Gasteiger partial charge in [-0.3, -0.25) is 9.20 Å². The minimum absolute atomic E-state index is 0.207. The smallest absolute Gasteiger partial charge is 0.272 e. The summed E-state index contributed by atoms with van der Waals surface area (Å²) in [6, 6.07) is 5.72. The van der Waals surface area contributed by atoms with E-state index in [1.54, 1.807) is 6.92 Å². The topological polar surface area (TPSA) is 85.3 Å². The number of imidazole rings is 1. The molecule has 1 aliphatic carbocycles. The summed E-state index contributed by atoms with van der Waals surface area (Å²) >= 11 is 1.51. The number of hydrogen-bond acceptors (Lipinski definition) is 6. The zero-order chi connectivity index (χ0) is 16.7. The SMILES string of the molecule is CSc1nc(C(=O)NC2(c3noc(C)n3)CCC2)c2ccccn12. The van der Waals surface area contributed by atoms with Gasteiger partial charge in [-0.15, -0.1) is 0 Å². The second-order valence-electron chi connectivity index (χ2n) is 5.93. The van der Waals surface area contributed by atoms with Crippen molar-refractivity contribution in [3.63, 3.8) is 0 Å². The number of thioether (sulfide) groups is 1. The van der Waals surface area contributed by atoms with E-state index in [2.05, 4.69) is 20.4 Å². The van der Waals surface area contributed by atoms with Gasteiger partial charge in [-0.1, -0.05) is 23.0 Å². The Balaban J connectivity index is 1.69. The fraction of sp³-hybridized carbons (Fsp3) is 0.375. The average molecular weight is 343 g/mol. The predicted molar refractivity (Wildman–Crippen MR) is 89.0 cm³/mol. The number of amides is 1. The predicted octanol–water partition coefficient (Wildman–Crippen LogP) is 2.56. The molecular weight excluding hydrogens is 326 g/mol. The number of fused-ring (bicyclic) bond motifs is 1. The van der Waals surface area contributed by atoms with E-state index < -0.39 is 5.54 Å². The Morgan fingerprint density at radius 2 is 2.21 bits per heavy atom. The lowest BCUT2D eigenvalue weighted by atomic mass is 9.76. The van der Waals surface area contributed by atoms with Crippen molar-refractivity contribution in [1.29, 1.82) is 0 Å². The first-order valence-electron chi connectivity index (χ1n) is 7.77. The molecule has 1 saturated carbocycles. The molecule has 0 aromatic carbocycles. The molecule has 1 amide bonds. The van der Waals surface area contributed by atoms with Gasteiger partial charge < -0.3 is 9.84 Å². The summed E-state index contributed by atoms with van der Waals surface area (Å²) < 4.78 is 7.01. The number of rotatable bonds is 4. The molecule has 0 spiro atoms.